The molecule has 1 aromatic heterocycles. The number of aromatic nitrogens is 1. The summed E-state index contributed by atoms with van der Waals surface area (Å²) in [5, 5.41) is 9.08. The summed E-state index contributed by atoms with van der Waals surface area (Å²) in [6, 6.07) is 12.3. The molecule has 0 bridgehead atoms. The molecule has 0 aliphatic carbocycles. The average molecular weight is 655 g/mol. The number of halogens is 3. The predicted molar refractivity (Wildman–Crippen MR) is 154 cm³/mol. The molecule has 0 saturated carbocycles. The summed E-state index contributed by atoms with van der Waals surface area (Å²) in [5.41, 5.74) is 0.304. The van der Waals surface area contributed by atoms with Crippen LogP contribution >= 0.6 is 11.3 Å². The van der Waals surface area contributed by atoms with Gasteiger partial charge in [0.05, 0.1) is 22.4 Å². The van der Waals surface area contributed by atoms with Crippen molar-refractivity contribution >= 4 is 53.8 Å². The minimum atomic E-state index is -4.77. The first-order chi connectivity index (χ1) is 20.1. The second-order valence-electron chi connectivity index (χ2n) is 9.92. The van der Waals surface area contributed by atoms with Crippen LogP contribution in [0.15, 0.2) is 47.4 Å². The maximum Gasteiger partial charge on any atom is 0.435 e. The number of piperazine rings is 1. The Balaban J connectivity index is 1.32. The van der Waals surface area contributed by atoms with Crippen molar-refractivity contribution < 1.29 is 34.8 Å². The lowest BCUT2D eigenvalue weighted by atomic mass is 10.1. The minimum absolute atomic E-state index is 0.00249. The van der Waals surface area contributed by atoms with Gasteiger partial charge in [0.25, 0.3) is 5.91 Å². The molecule has 0 atom stereocenters. The number of benzene rings is 2. The number of carbonyl (C=O) groups excluding carboxylic acids is 1. The number of thiazole rings is 1. The van der Waals surface area contributed by atoms with Gasteiger partial charge in [0.2, 0.25) is 20.0 Å². The fourth-order valence-corrected chi connectivity index (χ4v) is 7.91. The highest BCUT2D eigenvalue weighted by atomic mass is 32.2. The van der Waals surface area contributed by atoms with Gasteiger partial charge in [0, 0.05) is 45.5 Å². The maximum atomic E-state index is 13.5. The smallest absolute Gasteiger partial charge is 0.345 e. The van der Waals surface area contributed by atoms with E-state index in [2.05, 4.69) is 4.98 Å². The Morgan fingerprint density at radius 2 is 1.72 bits per heavy atom. The van der Waals surface area contributed by atoms with Gasteiger partial charge in [-0.25, -0.2) is 21.8 Å². The van der Waals surface area contributed by atoms with Gasteiger partial charge < -0.3 is 9.80 Å². The zero-order chi connectivity index (χ0) is 31.3. The standard InChI is InChI=1S/C26H25F3N6O5S3/c1-32(42(2,37)38)21-6-4-3-5-19(21)24(36)35-10-9-17-15-18(7-8-20(17)35)43(39,40)34-13-11-33(12-14-34)25-31-23(26(27,28)29)22(16-30)41-25/h3-8,15H,9-14H2,1-2H3. The van der Waals surface area contributed by atoms with Crippen LogP contribution in [0.5, 0.6) is 0 Å². The Labute approximate surface area is 250 Å². The van der Waals surface area contributed by atoms with Crippen LogP contribution in [0.1, 0.15) is 26.5 Å². The van der Waals surface area contributed by atoms with Gasteiger partial charge in [0.1, 0.15) is 10.9 Å². The topological polar surface area (TPSA) is 135 Å². The molecule has 2 aliphatic heterocycles. The Bertz CT molecular complexity index is 1850. The molecule has 1 fully saturated rings. The summed E-state index contributed by atoms with van der Waals surface area (Å²) in [6.07, 6.45) is -3.35. The van der Waals surface area contributed by atoms with Gasteiger partial charge >= 0.3 is 6.18 Å². The fourth-order valence-electron chi connectivity index (χ4n) is 4.98. The second-order valence-corrected chi connectivity index (χ2v) is 14.8. The summed E-state index contributed by atoms with van der Waals surface area (Å²) in [6.45, 7) is 0.438. The molecular formula is C26H25F3N6O5S3. The van der Waals surface area contributed by atoms with Crippen LogP contribution in [0.3, 0.4) is 0 Å². The highest BCUT2D eigenvalue weighted by molar-refractivity contribution is 7.92. The molecular weight excluding hydrogens is 630 g/mol. The van der Waals surface area contributed by atoms with Crippen LogP contribution < -0.4 is 14.1 Å². The molecule has 0 spiro atoms. The van der Waals surface area contributed by atoms with Crippen LogP contribution in [0, 0.1) is 11.3 Å². The molecule has 0 N–H and O–H groups in total. The molecule has 17 heteroatoms. The summed E-state index contributed by atoms with van der Waals surface area (Å²) < 4.78 is 93.1. The van der Waals surface area contributed by atoms with Crippen LogP contribution in [0.25, 0.3) is 0 Å². The first kappa shape index (κ1) is 30.7. The predicted octanol–water partition coefficient (Wildman–Crippen LogP) is 3.14. The third-order valence-electron chi connectivity index (χ3n) is 7.30. The average Bonchev–Trinajstić information content (AvgIpc) is 3.60. The van der Waals surface area contributed by atoms with E-state index in [1.807, 2.05) is 0 Å². The number of nitriles is 1. The second kappa shape index (κ2) is 11.1. The zero-order valence-electron chi connectivity index (χ0n) is 22.9. The van der Waals surface area contributed by atoms with E-state index < -0.39 is 42.7 Å². The van der Waals surface area contributed by atoms with E-state index in [0.717, 1.165) is 10.6 Å². The van der Waals surface area contributed by atoms with Gasteiger partial charge in [-0.3, -0.25) is 9.10 Å². The van der Waals surface area contributed by atoms with E-state index in [0.29, 0.717) is 29.0 Å². The molecule has 3 heterocycles. The van der Waals surface area contributed by atoms with Crippen molar-refractivity contribution in [2.75, 3.05) is 60.1 Å². The number of sulfonamides is 2. The van der Waals surface area contributed by atoms with E-state index in [1.54, 1.807) is 18.2 Å². The highest BCUT2D eigenvalue weighted by Gasteiger charge is 2.39. The van der Waals surface area contributed by atoms with E-state index in [9.17, 15) is 34.8 Å². The molecule has 43 heavy (non-hydrogen) atoms. The number of rotatable bonds is 6. The minimum Gasteiger partial charge on any atom is -0.345 e. The quantitative estimate of drug-likeness (QED) is 0.396. The Kier molecular flexibility index (Phi) is 7.92. The van der Waals surface area contributed by atoms with Gasteiger partial charge in [0.15, 0.2) is 10.8 Å². The molecule has 0 unspecified atom stereocenters. The van der Waals surface area contributed by atoms with Crippen molar-refractivity contribution in [2.45, 2.75) is 17.5 Å². The van der Waals surface area contributed by atoms with Crippen molar-refractivity contribution in [2.24, 2.45) is 0 Å². The molecule has 5 rings (SSSR count). The highest BCUT2D eigenvalue weighted by Crippen LogP contribution is 2.38. The third kappa shape index (κ3) is 5.79. The van der Waals surface area contributed by atoms with Crippen molar-refractivity contribution in [3.63, 3.8) is 0 Å². The van der Waals surface area contributed by atoms with Crippen molar-refractivity contribution in [1.82, 2.24) is 9.29 Å². The number of anilines is 3. The van der Waals surface area contributed by atoms with E-state index >= 15 is 0 Å². The SMILES string of the molecule is CN(c1ccccc1C(=O)N1CCc2cc(S(=O)(=O)N3CCN(c4nc(C(F)(F)F)c(C#N)s4)CC3)ccc21)S(C)(=O)=O. The van der Waals surface area contributed by atoms with Gasteiger partial charge in [-0.15, -0.1) is 0 Å². The largest absolute Gasteiger partial charge is 0.435 e. The first-order valence-electron chi connectivity index (χ1n) is 12.8. The number of hydrogen-bond donors (Lipinski definition) is 0. The number of hydrogen-bond acceptors (Lipinski definition) is 9. The Morgan fingerprint density at radius 1 is 1.05 bits per heavy atom. The number of carbonyl (C=O) groups is 1. The third-order valence-corrected chi connectivity index (χ3v) is 11.4. The molecule has 11 nitrogen and oxygen atoms in total. The normalized spacial score (nSPS) is 16.2. The van der Waals surface area contributed by atoms with Crippen LogP contribution in [0.4, 0.5) is 29.7 Å². The first-order valence-corrected chi connectivity index (χ1v) is 16.9. The monoisotopic (exact) mass is 654 g/mol. The van der Waals surface area contributed by atoms with E-state index in [1.165, 1.54) is 51.5 Å². The summed E-state index contributed by atoms with van der Waals surface area (Å²) in [7, 11) is -6.23. The molecule has 1 saturated heterocycles. The Hall–Kier alpha value is -3.72. The van der Waals surface area contributed by atoms with Gasteiger partial charge in [-0.05, 0) is 42.3 Å². The van der Waals surface area contributed by atoms with Crippen LogP contribution in [0.2, 0.25) is 0 Å². The zero-order valence-corrected chi connectivity index (χ0v) is 25.3. The van der Waals surface area contributed by atoms with Gasteiger partial charge in [-0.1, -0.05) is 23.5 Å². The lowest BCUT2D eigenvalue weighted by molar-refractivity contribution is -0.140. The lowest BCUT2D eigenvalue weighted by Crippen LogP contribution is -2.48. The molecule has 0 radical (unpaired) electrons. The number of alkyl halides is 3. The van der Waals surface area contributed by atoms with Crippen LogP contribution in [-0.4, -0.2) is 78.1 Å². The lowest BCUT2D eigenvalue weighted by Gasteiger charge is -2.33. The van der Waals surface area contributed by atoms with Crippen molar-refractivity contribution in [3.05, 3.63) is 64.2 Å². The van der Waals surface area contributed by atoms with E-state index in [4.69, 9.17) is 5.26 Å². The van der Waals surface area contributed by atoms with Crippen molar-refractivity contribution in [1.29, 1.82) is 5.26 Å². The van der Waals surface area contributed by atoms with Crippen LogP contribution in [-0.2, 0) is 32.6 Å². The Morgan fingerprint density at radius 3 is 2.33 bits per heavy atom. The number of fused-ring (bicyclic) bond motifs is 1. The van der Waals surface area contributed by atoms with Gasteiger partial charge in [-0.2, -0.15) is 22.7 Å². The summed E-state index contributed by atoms with van der Waals surface area (Å²) >= 11 is 0.617. The number of para-hydroxylation sites is 1. The summed E-state index contributed by atoms with van der Waals surface area (Å²) in [4.78, 5) is 19.6. The summed E-state index contributed by atoms with van der Waals surface area (Å²) in [5.74, 6) is -0.424. The number of nitrogens with zero attached hydrogens (tertiary/aromatic N) is 6. The van der Waals surface area contributed by atoms with Crippen molar-refractivity contribution in [3.8, 4) is 6.07 Å². The maximum absolute atomic E-state index is 13.5. The van der Waals surface area contributed by atoms with E-state index in [-0.39, 0.29) is 54.0 Å². The fraction of sp³-hybridized carbons (Fsp3) is 0.346. The number of amides is 1. The molecule has 228 valence electrons. The molecule has 2 aromatic carbocycles. The molecule has 1 amide bonds. The molecule has 2 aliphatic rings. The molecule has 3 aromatic rings.